The fourth-order valence-electron chi connectivity index (χ4n) is 3.53. The van der Waals surface area contributed by atoms with E-state index >= 15 is 0 Å². The van der Waals surface area contributed by atoms with Crippen LogP contribution in [0.2, 0.25) is 0 Å². The van der Waals surface area contributed by atoms with Crippen molar-refractivity contribution in [3.8, 4) is 11.5 Å². The van der Waals surface area contributed by atoms with Crippen molar-refractivity contribution < 1.29 is 17.9 Å². The average molecular weight is 495 g/mol. The van der Waals surface area contributed by atoms with Gasteiger partial charge in [0.05, 0.1) is 24.3 Å². The lowest BCUT2D eigenvalue weighted by Crippen LogP contribution is -2.21. The number of hydrogen-bond donors (Lipinski definition) is 1. The van der Waals surface area contributed by atoms with Crippen LogP contribution >= 0.6 is 0 Å². The minimum Gasteiger partial charge on any atom is -0.497 e. The van der Waals surface area contributed by atoms with Crippen molar-refractivity contribution in [2.24, 2.45) is 5.10 Å². The molecule has 0 saturated carbocycles. The van der Waals surface area contributed by atoms with E-state index in [1.807, 2.05) is 55.5 Å². The first-order valence-electron chi connectivity index (χ1n) is 12.0. The molecule has 0 fully saturated rings. The molecule has 0 aliphatic heterocycles. The largest absolute Gasteiger partial charge is 0.497 e. The van der Waals surface area contributed by atoms with Gasteiger partial charge in [-0.3, -0.25) is 0 Å². The van der Waals surface area contributed by atoms with E-state index in [1.54, 1.807) is 31.4 Å². The third-order valence-corrected chi connectivity index (χ3v) is 6.84. The number of benzene rings is 3. The molecule has 0 spiro atoms. The Morgan fingerprint density at radius 2 is 1.37 bits per heavy atom. The first-order valence-corrected chi connectivity index (χ1v) is 13.4. The van der Waals surface area contributed by atoms with Gasteiger partial charge in [0, 0.05) is 11.1 Å². The predicted octanol–water partition coefficient (Wildman–Crippen LogP) is 6.08. The fourth-order valence-corrected chi connectivity index (χ4v) is 4.34. The molecule has 3 aromatic rings. The highest BCUT2D eigenvalue weighted by molar-refractivity contribution is 7.89. The lowest BCUT2D eigenvalue weighted by Gasteiger charge is -2.11. The number of nitrogens with zero attached hydrogens (tertiary/aromatic N) is 1. The first-order chi connectivity index (χ1) is 16.9. The van der Waals surface area contributed by atoms with Gasteiger partial charge in [-0.1, -0.05) is 50.3 Å². The zero-order chi connectivity index (χ0) is 25.1. The molecule has 0 atom stereocenters. The Hall–Kier alpha value is -3.32. The number of hydrogen-bond acceptors (Lipinski definition) is 5. The molecule has 0 amide bonds. The van der Waals surface area contributed by atoms with Crippen LogP contribution in [-0.4, -0.2) is 27.8 Å². The lowest BCUT2D eigenvalue weighted by molar-refractivity contribution is 0.304. The third kappa shape index (κ3) is 7.86. The number of hydrazone groups is 1. The molecular weight excluding hydrogens is 460 g/mol. The van der Waals surface area contributed by atoms with Crippen LogP contribution < -0.4 is 14.3 Å². The van der Waals surface area contributed by atoms with Crippen molar-refractivity contribution in [3.63, 3.8) is 0 Å². The Morgan fingerprint density at radius 1 is 0.800 bits per heavy atom. The molecule has 3 aromatic carbocycles. The predicted molar refractivity (Wildman–Crippen MR) is 141 cm³/mol. The van der Waals surface area contributed by atoms with E-state index in [-0.39, 0.29) is 4.90 Å². The van der Waals surface area contributed by atoms with Crippen molar-refractivity contribution in [1.29, 1.82) is 0 Å². The second-order valence-electron chi connectivity index (χ2n) is 8.38. The van der Waals surface area contributed by atoms with Gasteiger partial charge >= 0.3 is 0 Å². The van der Waals surface area contributed by atoms with Crippen LogP contribution in [0.25, 0.3) is 0 Å². The van der Waals surface area contributed by atoms with Gasteiger partial charge in [-0.15, -0.1) is 0 Å². The fraction of sp³-hybridized carbons (Fsp3) is 0.321. The molecule has 7 heteroatoms. The van der Waals surface area contributed by atoms with E-state index in [2.05, 4.69) is 16.9 Å². The molecule has 186 valence electrons. The maximum atomic E-state index is 12.8. The highest BCUT2D eigenvalue weighted by atomic mass is 32.2. The van der Waals surface area contributed by atoms with E-state index < -0.39 is 10.0 Å². The van der Waals surface area contributed by atoms with E-state index in [0.29, 0.717) is 18.1 Å². The molecule has 0 saturated heterocycles. The smallest absolute Gasteiger partial charge is 0.276 e. The summed E-state index contributed by atoms with van der Waals surface area (Å²) in [6.07, 6.45) is 5.92. The normalized spacial score (nSPS) is 11.8. The van der Waals surface area contributed by atoms with E-state index in [0.717, 1.165) is 28.9 Å². The second-order valence-corrected chi connectivity index (χ2v) is 10.0. The Labute approximate surface area is 209 Å². The van der Waals surface area contributed by atoms with E-state index in [9.17, 15) is 8.42 Å². The third-order valence-electron chi connectivity index (χ3n) is 5.62. The summed E-state index contributed by atoms with van der Waals surface area (Å²) in [5.41, 5.74) is 2.99. The van der Waals surface area contributed by atoms with Crippen molar-refractivity contribution in [1.82, 2.24) is 4.83 Å². The zero-order valence-electron chi connectivity index (χ0n) is 20.7. The standard InChI is InChI=1S/C28H34N2O4S/c1-4-5-6-7-8-21-34-26-17-13-24(14-18-26)28(23-11-15-25(33-3)16-12-23)29-30-35(31,32)27-19-9-22(2)10-20-27/h9-20,30H,4-8,21H2,1-3H3. The van der Waals surface area contributed by atoms with Crippen molar-refractivity contribution in [3.05, 3.63) is 89.5 Å². The summed E-state index contributed by atoms with van der Waals surface area (Å²) in [5, 5.41) is 4.32. The summed E-state index contributed by atoms with van der Waals surface area (Å²) in [7, 11) is -2.22. The van der Waals surface area contributed by atoms with Gasteiger partial charge in [-0.2, -0.15) is 18.4 Å². The van der Waals surface area contributed by atoms with Crippen molar-refractivity contribution in [2.45, 2.75) is 50.8 Å². The van der Waals surface area contributed by atoms with Crippen LogP contribution in [0.1, 0.15) is 55.7 Å². The van der Waals surface area contributed by atoms with Gasteiger partial charge < -0.3 is 9.47 Å². The summed E-state index contributed by atoms with van der Waals surface area (Å²) in [5.74, 6) is 1.48. The summed E-state index contributed by atoms with van der Waals surface area (Å²) < 4.78 is 36.8. The topological polar surface area (TPSA) is 77.0 Å². The number of aryl methyl sites for hydroxylation is 1. The number of unbranched alkanes of at least 4 members (excludes halogenated alkanes) is 4. The molecular formula is C28H34N2O4S. The first kappa shape index (κ1) is 26.3. The highest BCUT2D eigenvalue weighted by Gasteiger charge is 2.15. The Bertz CT molecular complexity index is 1190. The lowest BCUT2D eigenvalue weighted by atomic mass is 10.0. The van der Waals surface area contributed by atoms with Gasteiger partial charge in [-0.05, 0) is 74.0 Å². The minimum absolute atomic E-state index is 0.156. The molecule has 1 N–H and O–H groups in total. The Morgan fingerprint density at radius 3 is 1.94 bits per heavy atom. The van der Waals surface area contributed by atoms with E-state index in [4.69, 9.17) is 9.47 Å². The molecule has 0 unspecified atom stereocenters. The number of ether oxygens (including phenoxy) is 2. The van der Waals surface area contributed by atoms with Gasteiger partial charge in [0.1, 0.15) is 11.5 Å². The maximum Gasteiger partial charge on any atom is 0.276 e. The summed E-state index contributed by atoms with van der Waals surface area (Å²) in [6, 6.07) is 21.5. The van der Waals surface area contributed by atoms with Gasteiger partial charge in [-0.25, -0.2) is 0 Å². The average Bonchev–Trinajstić information content (AvgIpc) is 2.87. The molecule has 0 heterocycles. The van der Waals surface area contributed by atoms with E-state index in [1.165, 1.54) is 25.7 Å². The molecule has 0 aliphatic carbocycles. The molecule has 0 aliphatic rings. The second kappa shape index (κ2) is 13.0. The summed E-state index contributed by atoms with van der Waals surface area (Å²) in [6.45, 7) is 4.79. The van der Waals surface area contributed by atoms with Crippen LogP contribution in [0, 0.1) is 6.92 Å². The number of nitrogens with one attached hydrogen (secondary N) is 1. The van der Waals surface area contributed by atoms with Gasteiger partial charge in [0.15, 0.2) is 0 Å². The quantitative estimate of drug-likeness (QED) is 0.177. The van der Waals surface area contributed by atoms with Crippen LogP contribution in [-0.2, 0) is 10.0 Å². The minimum atomic E-state index is -3.82. The Kier molecular flexibility index (Phi) is 9.73. The summed E-state index contributed by atoms with van der Waals surface area (Å²) in [4.78, 5) is 2.55. The van der Waals surface area contributed by atoms with Crippen LogP contribution in [0.4, 0.5) is 0 Å². The van der Waals surface area contributed by atoms with Crippen molar-refractivity contribution in [2.75, 3.05) is 13.7 Å². The molecule has 0 radical (unpaired) electrons. The van der Waals surface area contributed by atoms with Gasteiger partial charge in [0.25, 0.3) is 10.0 Å². The van der Waals surface area contributed by atoms with Gasteiger partial charge in [0.2, 0.25) is 0 Å². The van der Waals surface area contributed by atoms with Crippen LogP contribution in [0.15, 0.2) is 82.8 Å². The van der Waals surface area contributed by atoms with Crippen LogP contribution in [0.3, 0.4) is 0 Å². The highest BCUT2D eigenvalue weighted by Crippen LogP contribution is 2.20. The van der Waals surface area contributed by atoms with Crippen molar-refractivity contribution >= 4 is 15.7 Å². The molecule has 0 aromatic heterocycles. The molecule has 0 bridgehead atoms. The molecule has 6 nitrogen and oxygen atoms in total. The number of sulfonamides is 1. The SMILES string of the molecule is CCCCCCCOc1ccc(C(=NNS(=O)(=O)c2ccc(C)cc2)c2ccc(OC)cc2)cc1. The maximum absolute atomic E-state index is 12.8. The molecule has 3 rings (SSSR count). The number of methoxy groups -OCH3 is 1. The zero-order valence-corrected chi connectivity index (χ0v) is 21.5. The molecule has 35 heavy (non-hydrogen) atoms. The summed E-state index contributed by atoms with van der Waals surface area (Å²) >= 11 is 0. The number of rotatable bonds is 13. The van der Waals surface area contributed by atoms with Crippen LogP contribution in [0.5, 0.6) is 11.5 Å². The Balaban J connectivity index is 1.80. The monoisotopic (exact) mass is 494 g/mol.